The lowest BCUT2D eigenvalue weighted by atomic mass is 10.2. The zero-order valence-electron chi connectivity index (χ0n) is 12.4. The predicted molar refractivity (Wildman–Crippen MR) is 88.8 cm³/mol. The number of nitriles is 1. The molecule has 0 spiro atoms. The minimum absolute atomic E-state index is 0.189. The van der Waals surface area contributed by atoms with Crippen LogP contribution in [0.25, 0.3) is 0 Å². The Morgan fingerprint density at radius 2 is 1.92 bits per heavy atom. The van der Waals surface area contributed by atoms with E-state index < -0.39 is 24.3 Å². The second-order valence-electron chi connectivity index (χ2n) is 4.67. The van der Waals surface area contributed by atoms with Crippen molar-refractivity contribution in [3.63, 3.8) is 0 Å². The number of hydrogen-bond acceptors (Lipinski definition) is 4. The molecule has 0 bridgehead atoms. The molecule has 0 fully saturated rings. The van der Waals surface area contributed by atoms with Gasteiger partial charge in [-0.25, -0.2) is 9.18 Å². The van der Waals surface area contributed by atoms with Gasteiger partial charge < -0.3 is 4.74 Å². The lowest BCUT2D eigenvalue weighted by molar-refractivity contribution is -0.121. The first-order valence-corrected chi connectivity index (χ1v) is 7.66. The molecule has 0 aliphatic carbocycles. The number of benzene rings is 2. The van der Waals surface area contributed by atoms with E-state index in [1.165, 1.54) is 17.0 Å². The number of rotatable bonds is 5. The van der Waals surface area contributed by atoms with Crippen LogP contribution in [0.4, 0.5) is 10.1 Å². The van der Waals surface area contributed by atoms with Crippen LogP contribution in [0.3, 0.4) is 0 Å². The lowest BCUT2D eigenvalue weighted by Gasteiger charge is -2.19. The van der Waals surface area contributed by atoms with Gasteiger partial charge in [0, 0.05) is 10.2 Å². The number of ether oxygens (including phenoxy) is 1. The summed E-state index contributed by atoms with van der Waals surface area (Å²) in [4.78, 5) is 25.3. The number of halogens is 2. The average Bonchev–Trinajstić information content (AvgIpc) is 2.60. The van der Waals surface area contributed by atoms with Crippen molar-refractivity contribution in [1.82, 2.24) is 0 Å². The fourth-order valence-electron chi connectivity index (χ4n) is 1.94. The van der Waals surface area contributed by atoms with E-state index >= 15 is 0 Å². The molecule has 0 saturated heterocycles. The van der Waals surface area contributed by atoms with Crippen molar-refractivity contribution in [1.29, 1.82) is 5.26 Å². The van der Waals surface area contributed by atoms with Gasteiger partial charge in [0.1, 0.15) is 12.4 Å². The van der Waals surface area contributed by atoms with Crippen molar-refractivity contribution in [3.8, 4) is 6.07 Å². The van der Waals surface area contributed by atoms with Crippen LogP contribution in [0.5, 0.6) is 0 Å². The second-order valence-corrected chi connectivity index (χ2v) is 5.59. The SMILES string of the molecule is N#CCN(C(=O)COC(=O)c1cc(Br)ccc1F)c1ccccc1. The van der Waals surface area contributed by atoms with Gasteiger partial charge in [-0.2, -0.15) is 5.26 Å². The summed E-state index contributed by atoms with van der Waals surface area (Å²) in [5.41, 5.74) is 0.234. The van der Waals surface area contributed by atoms with Crippen molar-refractivity contribution < 1.29 is 18.7 Å². The fourth-order valence-corrected chi connectivity index (χ4v) is 2.30. The number of anilines is 1. The van der Waals surface area contributed by atoms with Crippen molar-refractivity contribution in [2.75, 3.05) is 18.1 Å². The molecule has 0 aliphatic rings. The molecule has 122 valence electrons. The first-order valence-electron chi connectivity index (χ1n) is 6.87. The molecular weight excluding hydrogens is 379 g/mol. The van der Waals surface area contributed by atoms with E-state index in [-0.39, 0.29) is 12.1 Å². The summed E-state index contributed by atoms with van der Waals surface area (Å²) < 4.78 is 19.0. The average molecular weight is 391 g/mol. The molecule has 24 heavy (non-hydrogen) atoms. The van der Waals surface area contributed by atoms with Crippen LogP contribution in [-0.4, -0.2) is 25.0 Å². The normalized spacial score (nSPS) is 9.88. The van der Waals surface area contributed by atoms with Gasteiger partial charge in [0.2, 0.25) is 0 Å². The van der Waals surface area contributed by atoms with Crippen LogP contribution < -0.4 is 4.90 Å². The summed E-state index contributed by atoms with van der Waals surface area (Å²) in [6.45, 7) is -0.785. The highest BCUT2D eigenvalue weighted by Crippen LogP contribution is 2.17. The predicted octanol–water partition coefficient (Wildman–Crippen LogP) is 3.30. The minimum atomic E-state index is -0.952. The Kier molecular flexibility index (Phi) is 6.04. The first-order chi connectivity index (χ1) is 11.5. The molecule has 2 aromatic carbocycles. The Labute approximate surface area is 146 Å². The number of hydrogen-bond donors (Lipinski definition) is 0. The van der Waals surface area contributed by atoms with Gasteiger partial charge in [-0.15, -0.1) is 0 Å². The maximum absolute atomic E-state index is 13.6. The second kappa shape index (κ2) is 8.22. The van der Waals surface area contributed by atoms with E-state index in [9.17, 15) is 14.0 Å². The van der Waals surface area contributed by atoms with Crippen molar-refractivity contribution in [2.24, 2.45) is 0 Å². The minimum Gasteiger partial charge on any atom is -0.452 e. The van der Waals surface area contributed by atoms with Crippen molar-refractivity contribution >= 4 is 33.5 Å². The topological polar surface area (TPSA) is 70.4 Å². The van der Waals surface area contributed by atoms with E-state index in [2.05, 4.69) is 15.9 Å². The zero-order valence-corrected chi connectivity index (χ0v) is 14.0. The molecule has 0 heterocycles. The molecule has 5 nitrogen and oxygen atoms in total. The molecule has 0 saturated carbocycles. The quantitative estimate of drug-likeness (QED) is 0.579. The Hall–Kier alpha value is -2.72. The first kappa shape index (κ1) is 17.6. The monoisotopic (exact) mass is 390 g/mol. The zero-order chi connectivity index (χ0) is 17.5. The van der Waals surface area contributed by atoms with Gasteiger partial charge in [-0.1, -0.05) is 34.1 Å². The summed E-state index contributed by atoms with van der Waals surface area (Å²) in [6, 6.07) is 14.2. The van der Waals surface area contributed by atoms with Crippen LogP contribution >= 0.6 is 15.9 Å². The fraction of sp³-hybridized carbons (Fsp3) is 0.118. The van der Waals surface area contributed by atoms with E-state index in [1.54, 1.807) is 30.3 Å². The number of esters is 1. The summed E-state index contributed by atoms with van der Waals surface area (Å²) in [5, 5.41) is 8.86. The molecule has 2 rings (SSSR count). The molecule has 7 heteroatoms. The van der Waals surface area contributed by atoms with Gasteiger partial charge in [0.05, 0.1) is 11.6 Å². The van der Waals surface area contributed by atoms with Crippen LogP contribution in [0, 0.1) is 17.1 Å². The third kappa shape index (κ3) is 4.40. The smallest absolute Gasteiger partial charge is 0.341 e. The number of nitrogens with zero attached hydrogens (tertiary/aromatic N) is 2. The molecule has 1 amide bonds. The third-order valence-electron chi connectivity index (χ3n) is 3.07. The number of carbonyl (C=O) groups is 2. The lowest BCUT2D eigenvalue weighted by Crippen LogP contribution is -2.35. The third-order valence-corrected chi connectivity index (χ3v) is 3.57. The molecule has 2 aromatic rings. The van der Waals surface area contributed by atoms with Crippen LogP contribution in [0.1, 0.15) is 10.4 Å². The Bertz CT molecular complexity index is 790. The van der Waals surface area contributed by atoms with Gasteiger partial charge in [-0.3, -0.25) is 9.69 Å². The highest BCUT2D eigenvalue weighted by atomic mass is 79.9. The van der Waals surface area contributed by atoms with Crippen LogP contribution in [0.15, 0.2) is 53.0 Å². The highest BCUT2D eigenvalue weighted by molar-refractivity contribution is 9.10. The Morgan fingerprint density at radius 1 is 1.21 bits per heavy atom. The van der Waals surface area contributed by atoms with E-state index in [0.29, 0.717) is 10.2 Å². The largest absolute Gasteiger partial charge is 0.452 e. The molecule has 0 atom stereocenters. The standard InChI is InChI=1S/C17H12BrFN2O3/c18-12-6-7-15(19)14(10-12)17(23)24-11-16(22)21(9-8-20)13-4-2-1-3-5-13/h1-7,10H,9,11H2. The van der Waals surface area contributed by atoms with Crippen LogP contribution in [0.2, 0.25) is 0 Å². The van der Waals surface area contributed by atoms with Crippen LogP contribution in [-0.2, 0) is 9.53 Å². The van der Waals surface area contributed by atoms with Crippen molar-refractivity contribution in [3.05, 3.63) is 64.4 Å². The van der Waals surface area contributed by atoms with Gasteiger partial charge in [0.25, 0.3) is 5.91 Å². The number of amides is 1. The van der Waals surface area contributed by atoms with E-state index in [1.807, 2.05) is 6.07 Å². The Balaban J connectivity index is 2.07. The van der Waals surface area contributed by atoms with E-state index in [4.69, 9.17) is 10.00 Å². The van der Waals surface area contributed by atoms with Gasteiger partial charge in [-0.05, 0) is 30.3 Å². The molecule has 0 aromatic heterocycles. The molecule has 0 unspecified atom stereocenters. The number of para-hydroxylation sites is 1. The van der Waals surface area contributed by atoms with Crippen molar-refractivity contribution in [2.45, 2.75) is 0 Å². The maximum Gasteiger partial charge on any atom is 0.341 e. The maximum atomic E-state index is 13.6. The molecule has 0 N–H and O–H groups in total. The molecule has 0 aliphatic heterocycles. The summed E-state index contributed by atoms with van der Waals surface area (Å²) in [6.07, 6.45) is 0. The number of carbonyl (C=O) groups excluding carboxylic acids is 2. The summed E-state index contributed by atoms with van der Waals surface area (Å²) in [5.74, 6) is -2.27. The molecule has 0 radical (unpaired) electrons. The summed E-state index contributed by atoms with van der Waals surface area (Å²) >= 11 is 3.13. The summed E-state index contributed by atoms with van der Waals surface area (Å²) in [7, 11) is 0. The van der Waals surface area contributed by atoms with Gasteiger partial charge >= 0.3 is 5.97 Å². The Morgan fingerprint density at radius 3 is 2.58 bits per heavy atom. The highest BCUT2D eigenvalue weighted by Gasteiger charge is 2.19. The van der Waals surface area contributed by atoms with E-state index in [0.717, 1.165) is 6.07 Å². The van der Waals surface area contributed by atoms with Gasteiger partial charge in [0.15, 0.2) is 6.61 Å². The molecular formula is C17H12BrFN2O3.